The molecule has 6 N–H and O–H groups in total. The van der Waals surface area contributed by atoms with Gasteiger partial charge in [-0.2, -0.15) is 6.20 Å². The first-order valence-corrected chi connectivity index (χ1v) is 17.7. The summed E-state index contributed by atoms with van der Waals surface area (Å²) in [5.41, 5.74) is -0.959. The van der Waals surface area contributed by atoms with Crippen molar-refractivity contribution >= 4 is 44.2 Å². The number of rotatable bonds is 12. The van der Waals surface area contributed by atoms with E-state index in [-0.39, 0.29) is 113 Å². The third-order valence-electron chi connectivity index (χ3n) is 7.90. The van der Waals surface area contributed by atoms with E-state index < -0.39 is 29.3 Å². The summed E-state index contributed by atoms with van der Waals surface area (Å²) in [7, 11) is 9.47. The van der Waals surface area contributed by atoms with Crippen molar-refractivity contribution in [2.24, 2.45) is 23.2 Å². The number of piperidine rings is 3. The zero-order valence-electron chi connectivity index (χ0n) is 27.4. The van der Waals surface area contributed by atoms with E-state index in [1.807, 2.05) is 0 Å². The molecule has 302 valence electrons. The predicted molar refractivity (Wildman–Crippen MR) is 177 cm³/mol. The van der Waals surface area contributed by atoms with Crippen molar-refractivity contribution in [2.75, 3.05) is 72.2 Å². The maximum Gasteiger partial charge on any atom is 0 e. The van der Waals surface area contributed by atoms with Gasteiger partial charge in [0, 0.05) is 50.3 Å². The smallest absolute Gasteiger partial charge is 0 e. The maximum atomic E-state index is 13.0. The molecule has 0 bridgehead atoms. The van der Waals surface area contributed by atoms with Gasteiger partial charge in [-0.3, -0.25) is 14.4 Å². The number of halogens is 2. The van der Waals surface area contributed by atoms with E-state index in [0.717, 1.165) is 0 Å². The van der Waals surface area contributed by atoms with E-state index in [2.05, 4.69) is 21.3 Å². The molecule has 0 aromatic heterocycles. The Kier molecular flexibility index (Phi) is 36.0. The molecule has 3 saturated heterocycles. The van der Waals surface area contributed by atoms with Gasteiger partial charge in [-0.1, -0.05) is 50.7 Å². The molecule has 4 aliphatic heterocycles. The second-order valence-electron chi connectivity index (χ2n) is 11.1. The van der Waals surface area contributed by atoms with E-state index in [9.17, 15) is 19.2 Å². The van der Waals surface area contributed by atoms with Crippen LogP contribution >= 0.6 is 20.3 Å². The standard InChI is InChI=1S/C29H40N4O8.2ClH.4Co.3H2N/c34-25(21-1-9-30-10-2-21)38-17-29(18-39-26(35)22-3-11-31-12-4-22,19-40-27(36)23-5-13-32-14-6-23)20-41-28(37)24-7-15-33-16-8-24;;;;;;;;;/h1-2,9,22-24H,3-8,10-20H2;2*1H;;;;;3*1H2/q-4;;;;;;+2;3*-1/p-2. The number of nitrogens with two attached hydrogens (primary N) is 3. The van der Waals surface area contributed by atoms with Crippen LogP contribution in [0.25, 0.3) is 39.7 Å². The van der Waals surface area contributed by atoms with Crippen LogP contribution in [0.4, 0.5) is 0 Å². The molecule has 0 aromatic rings. The fourth-order valence-corrected chi connectivity index (χ4v) is 5.10. The van der Waals surface area contributed by atoms with Crippen molar-refractivity contribution in [1.29, 1.82) is 0 Å². The van der Waals surface area contributed by atoms with E-state index >= 15 is 0 Å². The first-order valence-electron chi connectivity index (χ1n) is 14.8. The minimum Gasteiger partial charge on any atom is -0.693 e. The van der Waals surface area contributed by atoms with Crippen LogP contribution in [0.5, 0.6) is 0 Å². The monoisotopic (exact) mass is 926 g/mol. The maximum absolute atomic E-state index is 13.0. The average Bonchev–Trinajstić information content (AvgIpc) is 3.09. The van der Waals surface area contributed by atoms with Gasteiger partial charge >= 0.3 is 57.1 Å². The third-order valence-corrected chi connectivity index (χ3v) is 7.90. The Hall–Kier alpha value is -0.474. The van der Waals surface area contributed by atoms with Crippen LogP contribution in [0.1, 0.15) is 38.5 Å². The number of nitrogens with zero attached hydrogens (tertiary/aromatic N) is 4. The first kappa shape index (κ1) is 56.3. The van der Waals surface area contributed by atoms with E-state index in [1.165, 1.54) is 6.20 Å². The number of esters is 4. The van der Waals surface area contributed by atoms with Gasteiger partial charge in [0.05, 0.1) is 23.3 Å². The molecule has 4 aliphatic rings. The molecule has 50 heavy (non-hydrogen) atoms. The summed E-state index contributed by atoms with van der Waals surface area (Å²) in [5, 5.41) is 16.9. The zero-order chi connectivity index (χ0) is 31.6. The molecule has 0 aromatic carbocycles. The van der Waals surface area contributed by atoms with Crippen molar-refractivity contribution < 1.29 is 101 Å². The Morgan fingerprint density at radius 1 is 0.640 bits per heavy atom. The van der Waals surface area contributed by atoms with Gasteiger partial charge in [0.1, 0.15) is 31.8 Å². The molecular weight excluding hydrogens is 881 g/mol. The van der Waals surface area contributed by atoms with Crippen molar-refractivity contribution in [1.82, 2.24) is 0 Å². The van der Waals surface area contributed by atoms with E-state index in [1.54, 1.807) is 12.2 Å². The summed E-state index contributed by atoms with van der Waals surface area (Å²) >= 11 is 0.382. The van der Waals surface area contributed by atoms with Gasteiger partial charge in [0.15, 0.2) is 0 Å². The molecule has 4 heterocycles. The molecule has 0 saturated carbocycles. The van der Waals surface area contributed by atoms with Crippen molar-refractivity contribution in [2.45, 2.75) is 38.5 Å². The molecule has 0 atom stereocenters. The summed E-state index contributed by atoms with van der Waals surface area (Å²) in [6.07, 6.45) is 8.27. The Bertz CT molecular complexity index is 939. The van der Waals surface area contributed by atoms with Crippen LogP contribution in [0.3, 0.4) is 0 Å². The minimum absolute atomic E-state index is 0. The Morgan fingerprint density at radius 2 is 0.960 bits per heavy atom. The van der Waals surface area contributed by atoms with E-state index in [4.69, 9.17) is 39.2 Å². The zero-order valence-corrected chi connectivity index (χ0v) is 33.0. The average molecular weight is 927 g/mol. The SMILES string of the molecule is O=C(OCC(COC(=O)C1CC[N-]CC1)(COC(=O)C1CC[N-]CC1)COC(=O)C1CC[N-]CC1)C1=CC[N-]C=C1.[Cl][Co][Cl].[Co].[Co].[Co].[NH2-].[NH2-].[NH2-]. The minimum atomic E-state index is -1.29. The van der Waals surface area contributed by atoms with Gasteiger partial charge in [0.25, 0.3) is 0 Å². The summed E-state index contributed by atoms with van der Waals surface area (Å²) in [6, 6.07) is 0. The Labute approximate surface area is 340 Å². The number of hydrogen-bond acceptors (Lipinski definition) is 8. The topological polar surface area (TPSA) is 262 Å². The van der Waals surface area contributed by atoms with Crippen LogP contribution in [-0.4, -0.2) is 96.1 Å². The second kappa shape index (κ2) is 32.0. The molecule has 15 nitrogen and oxygen atoms in total. The van der Waals surface area contributed by atoms with Gasteiger partial charge in [0.2, 0.25) is 0 Å². The van der Waals surface area contributed by atoms with Crippen molar-refractivity contribution in [3.8, 4) is 0 Å². The van der Waals surface area contributed by atoms with Crippen LogP contribution in [0, 0.1) is 23.2 Å². The number of hydrogen-bond donors (Lipinski definition) is 0. The predicted octanol–water partition coefficient (Wildman–Crippen LogP) is 6.84. The molecule has 3 fully saturated rings. The Morgan fingerprint density at radius 3 is 1.26 bits per heavy atom. The summed E-state index contributed by atoms with van der Waals surface area (Å²) < 4.78 is 22.9. The Balaban J connectivity index is -0.00000113. The van der Waals surface area contributed by atoms with Crippen LogP contribution in [-0.2, 0) is 101 Å². The first-order chi connectivity index (χ1) is 21.4. The molecule has 0 aliphatic carbocycles. The van der Waals surface area contributed by atoms with Crippen LogP contribution in [0.2, 0.25) is 0 Å². The number of ether oxygens (including phenoxy) is 4. The largest absolute Gasteiger partial charge is 0.693 e. The van der Waals surface area contributed by atoms with Crippen molar-refractivity contribution in [3.63, 3.8) is 0 Å². The van der Waals surface area contributed by atoms with Gasteiger partial charge < -0.3 is 58.7 Å². The molecule has 21 heteroatoms. The molecule has 0 unspecified atom stereocenters. The van der Waals surface area contributed by atoms with Gasteiger partial charge in [-0.15, -0.1) is 45.8 Å². The third kappa shape index (κ3) is 20.1. The van der Waals surface area contributed by atoms with Crippen molar-refractivity contribution in [3.05, 3.63) is 63.6 Å². The van der Waals surface area contributed by atoms with Gasteiger partial charge in [-0.05, 0) is 0 Å². The normalized spacial score (nSPS) is 17.5. The summed E-state index contributed by atoms with van der Waals surface area (Å²) in [4.78, 5) is 51.8. The molecule has 0 amide bonds. The number of carbonyl (C=O) groups is 4. The fraction of sp³-hybridized carbons (Fsp3) is 0.724. The summed E-state index contributed by atoms with van der Waals surface area (Å²) in [6.45, 7) is 2.86. The number of carbonyl (C=O) groups excluding carboxylic acids is 4. The fourth-order valence-electron chi connectivity index (χ4n) is 5.10. The molecular formula is C29H46Cl2Co4N7O8-7. The van der Waals surface area contributed by atoms with Crippen LogP contribution in [0.15, 0.2) is 23.9 Å². The molecule has 4 rings (SSSR count). The van der Waals surface area contributed by atoms with Crippen LogP contribution < -0.4 is 0 Å². The second-order valence-corrected chi connectivity index (χ2v) is 12.8. The van der Waals surface area contributed by atoms with Gasteiger partial charge in [-0.25, -0.2) is 4.79 Å². The van der Waals surface area contributed by atoms with E-state index in [0.29, 0.717) is 103 Å². The molecule has 0 spiro atoms. The summed E-state index contributed by atoms with van der Waals surface area (Å²) in [5.74, 6) is -2.66. The molecule has 3 radical (unpaired) electrons. The quantitative estimate of drug-likeness (QED) is 0.147.